The van der Waals surface area contributed by atoms with Gasteiger partial charge in [0, 0.05) is 11.4 Å². The molecular weight excluding hydrogens is 386 g/mol. The lowest BCUT2D eigenvalue weighted by atomic mass is 10.2. The third-order valence-electron chi connectivity index (χ3n) is 3.80. The van der Waals surface area contributed by atoms with Crippen LogP contribution in [0.15, 0.2) is 77.9 Å². The van der Waals surface area contributed by atoms with E-state index in [0.717, 1.165) is 22.7 Å². The van der Waals surface area contributed by atoms with Crippen LogP contribution in [0.1, 0.15) is 5.56 Å². The number of para-hydroxylation sites is 3. The Labute approximate surface area is 173 Å². The number of hydrogen-bond donors (Lipinski definition) is 2. The summed E-state index contributed by atoms with van der Waals surface area (Å²) in [6.45, 7) is 0. The fourth-order valence-corrected chi connectivity index (χ4v) is 2.86. The van der Waals surface area contributed by atoms with Crippen molar-refractivity contribution in [3.63, 3.8) is 0 Å². The van der Waals surface area contributed by atoms with Crippen LogP contribution in [0.4, 0.5) is 5.69 Å². The number of benzene rings is 3. The van der Waals surface area contributed by atoms with E-state index < -0.39 is 0 Å². The Bertz CT molecular complexity index is 1030. The maximum atomic E-state index is 5.85. The van der Waals surface area contributed by atoms with Gasteiger partial charge in [-0.05, 0) is 48.0 Å². The molecule has 0 unspecified atom stereocenters. The second-order valence-corrected chi connectivity index (χ2v) is 6.31. The van der Waals surface area contributed by atoms with E-state index in [1.807, 2.05) is 72.8 Å². The van der Waals surface area contributed by atoms with Gasteiger partial charge in [0.1, 0.15) is 11.5 Å². The SMILES string of the molecule is COc1ccccc1NS#CN/N=C/c1ccc(Oc2ccccc2)c(OC)c1. The Balaban J connectivity index is 1.58. The second-order valence-electron chi connectivity index (χ2n) is 5.70. The van der Waals surface area contributed by atoms with Crippen molar-refractivity contribution in [3.8, 4) is 28.3 Å². The molecule has 0 fully saturated rings. The summed E-state index contributed by atoms with van der Waals surface area (Å²) in [5, 5.41) is 7.00. The maximum absolute atomic E-state index is 5.85. The highest BCUT2D eigenvalue weighted by molar-refractivity contribution is 7.90. The fourth-order valence-electron chi connectivity index (χ4n) is 2.43. The molecule has 0 aliphatic carbocycles. The molecule has 0 heterocycles. The lowest BCUT2D eigenvalue weighted by Gasteiger charge is -2.10. The predicted molar refractivity (Wildman–Crippen MR) is 118 cm³/mol. The first-order valence-electron chi connectivity index (χ1n) is 8.79. The summed E-state index contributed by atoms with van der Waals surface area (Å²) in [6.07, 6.45) is 1.67. The van der Waals surface area contributed by atoms with Crippen LogP contribution in [0.5, 0.6) is 23.0 Å². The number of rotatable bonds is 7. The van der Waals surface area contributed by atoms with E-state index in [4.69, 9.17) is 14.2 Å². The molecular formula is C22H21N3O3S. The van der Waals surface area contributed by atoms with Gasteiger partial charge in [0.15, 0.2) is 11.5 Å². The van der Waals surface area contributed by atoms with Gasteiger partial charge in [0.2, 0.25) is 0 Å². The molecule has 3 rings (SSSR count). The van der Waals surface area contributed by atoms with Gasteiger partial charge in [-0.2, -0.15) is 5.10 Å². The summed E-state index contributed by atoms with van der Waals surface area (Å²) in [4.78, 5) is 0. The number of ether oxygens (including phenoxy) is 3. The topological polar surface area (TPSA) is 64.1 Å². The molecule has 0 atom stereocenters. The van der Waals surface area contributed by atoms with Crippen molar-refractivity contribution in [3.05, 3.63) is 78.4 Å². The van der Waals surface area contributed by atoms with Gasteiger partial charge in [-0.25, -0.2) is 5.43 Å². The minimum atomic E-state index is 0.623. The van der Waals surface area contributed by atoms with Crippen molar-refractivity contribution in [1.82, 2.24) is 5.43 Å². The van der Waals surface area contributed by atoms with Gasteiger partial charge in [-0.15, -0.1) is 0 Å². The first-order valence-corrected chi connectivity index (χ1v) is 9.60. The summed E-state index contributed by atoms with van der Waals surface area (Å²) in [5.74, 6) is 2.77. The highest BCUT2D eigenvalue weighted by Gasteiger charge is 2.06. The van der Waals surface area contributed by atoms with Crippen molar-refractivity contribution in [2.75, 3.05) is 18.9 Å². The smallest absolute Gasteiger partial charge is 0.169 e. The maximum Gasteiger partial charge on any atom is 0.169 e. The van der Waals surface area contributed by atoms with Gasteiger partial charge < -0.3 is 14.2 Å². The normalized spacial score (nSPS) is 10.1. The van der Waals surface area contributed by atoms with Crippen LogP contribution >= 0.6 is 11.4 Å². The minimum Gasteiger partial charge on any atom is -0.495 e. The molecule has 3 aromatic rings. The van der Waals surface area contributed by atoms with Crippen LogP contribution in [0.3, 0.4) is 0 Å². The quantitative estimate of drug-likeness (QED) is 0.247. The number of hydrogen-bond acceptors (Lipinski definition) is 6. The average Bonchev–Trinajstić information content (AvgIpc) is 2.78. The van der Waals surface area contributed by atoms with Crippen molar-refractivity contribution in [2.24, 2.45) is 5.10 Å². The van der Waals surface area contributed by atoms with Crippen LogP contribution in [0, 0.1) is 5.31 Å². The molecule has 6 nitrogen and oxygen atoms in total. The highest BCUT2D eigenvalue weighted by atomic mass is 32.1. The van der Waals surface area contributed by atoms with Crippen LogP contribution < -0.4 is 24.4 Å². The van der Waals surface area contributed by atoms with Crippen LogP contribution in [0.25, 0.3) is 0 Å². The fraction of sp³-hybridized carbons (Fsp3) is 0.0909. The Morgan fingerprint density at radius 2 is 1.62 bits per heavy atom. The summed E-state index contributed by atoms with van der Waals surface area (Å²) in [5.41, 5.74) is 4.46. The summed E-state index contributed by atoms with van der Waals surface area (Å²) in [7, 11) is 3.24. The molecule has 0 aliphatic rings. The van der Waals surface area contributed by atoms with Gasteiger partial charge >= 0.3 is 0 Å². The zero-order valence-electron chi connectivity index (χ0n) is 16.1. The van der Waals surface area contributed by atoms with E-state index in [0.29, 0.717) is 11.5 Å². The number of methoxy groups -OCH3 is 2. The van der Waals surface area contributed by atoms with Crippen LogP contribution in [-0.2, 0) is 0 Å². The standard InChI is InChI=1S/C22H21N3O3S/c1-26-20-11-7-6-10-19(20)25-29-16-24-23-15-17-12-13-21(22(14-17)27-2)28-18-8-4-3-5-9-18/h3-15,24-25H,1-2H3/b23-15+. The molecule has 0 spiro atoms. The van der Waals surface area contributed by atoms with Gasteiger partial charge in [0.25, 0.3) is 0 Å². The molecule has 0 aromatic heterocycles. The van der Waals surface area contributed by atoms with Gasteiger partial charge in [0.05, 0.1) is 31.4 Å². The van der Waals surface area contributed by atoms with E-state index >= 15 is 0 Å². The molecule has 148 valence electrons. The number of nitrogens with zero attached hydrogens (tertiary/aromatic N) is 1. The molecule has 7 heteroatoms. The minimum absolute atomic E-state index is 0.623. The van der Waals surface area contributed by atoms with Crippen LogP contribution in [0.2, 0.25) is 0 Å². The monoisotopic (exact) mass is 407 g/mol. The first-order chi connectivity index (χ1) is 14.3. The van der Waals surface area contributed by atoms with E-state index in [2.05, 4.69) is 20.6 Å². The summed E-state index contributed by atoms with van der Waals surface area (Å²) < 4.78 is 19.7. The van der Waals surface area contributed by atoms with E-state index in [1.165, 1.54) is 11.4 Å². The Kier molecular flexibility index (Phi) is 7.34. The third-order valence-corrected chi connectivity index (χ3v) is 4.32. The molecule has 3 aromatic carbocycles. The van der Waals surface area contributed by atoms with Crippen molar-refractivity contribution < 1.29 is 14.2 Å². The molecule has 0 bridgehead atoms. The molecule has 2 N–H and O–H groups in total. The van der Waals surface area contributed by atoms with Crippen LogP contribution in [-0.4, -0.2) is 20.4 Å². The Morgan fingerprint density at radius 1 is 0.862 bits per heavy atom. The van der Waals surface area contributed by atoms with E-state index in [1.54, 1.807) is 20.4 Å². The summed E-state index contributed by atoms with van der Waals surface area (Å²) >= 11 is 1.23. The zero-order valence-corrected chi connectivity index (χ0v) is 16.9. The number of hydrazone groups is 1. The Morgan fingerprint density at radius 3 is 2.41 bits per heavy atom. The average molecular weight is 407 g/mol. The Hall–Kier alpha value is -3.67. The molecule has 0 radical (unpaired) electrons. The second kappa shape index (κ2) is 10.6. The van der Waals surface area contributed by atoms with Crippen molar-refractivity contribution in [2.45, 2.75) is 0 Å². The lowest BCUT2D eigenvalue weighted by molar-refractivity contribution is 0.379. The van der Waals surface area contributed by atoms with E-state index in [-0.39, 0.29) is 0 Å². The van der Waals surface area contributed by atoms with Gasteiger partial charge in [-0.1, -0.05) is 30.3 Å². The first kappa shape index (κ1) is 20.1. The largest absolute Gasteiger partial charge is 0.495 e. The zero-order chi connectivity index (χ0) is 20.3. The molecule has 0 amide bonds. The van der Waals surface area contributed by atoms with Crippen molar-refractivity contribution in [1.29, 1.82) is 0 Å². The molecule has 29 heavy (non-hydrogen) atoms. The molecule has 0 saturated carbocycles. The lowest BCUT2D eigenvalue weighted by Crippen LogP contribution is -1.96. The third kappa shape index (κ3) is 5.90. The number of nitrogens with one attached hydrogen (secondary N) is 2. The van der Waals surface area contributed by atoms with Gasteiger partial charge in [-0.3, -0.25) is 4.72 Å². The molecule has 0 aliphatic heterocycles. The number of anilines is 1. The van der Waals surface area contributed by atoms with Crippen molar-refractivity contribution >= 4 is 23.3 Å². The molecule has 0 saturated heterocycles. The van der Waals surface area contributed by atoms with E-state index in [9.17, 15) is 0 Å². The highest BCUT2D eigenvalue weighted by Crippen LogP contribution is 2.31. The predicted octanol–water partition coefficient (Wildman–Crippen LogP) is 5.10. The summed E-state index contributed by atoms with van der Waals surface area (Å²) in [6, 6.07) is 22.8.